The summed E-state index contributed by atoms with van der Waals surface area (Å²) in [7, 11) is -7.68. The third-order valence-electron chi connectivity index (χ3n) is 2.26. The standard InChI is InChI=1S/C7F12O5S/c8-1(9)2-22-3(10,4(11,12)23-2)5(13,14)24-6(15,16)7(17,18)25(19,20)21. The van der Waals surface area contributed by atoms with Crippen LogP contribution < -0.4 is 0 Å². The Bertz CT molecular complexity index is 682. The molecule has 1 rings (SSSR count). The van der Waals surface area contributed by atoms with Crippen molar-refractivity contribution in [1.82, 2.24) is 0 Å². The third kappa shape index (κ3) is 3.15. The van der Waals surface area contributed by atoms with Gasteiger partial charge in [0.25, 0.3) is 0 Å². The second-order valence-corrected chi connectivity index (χ2v) is 5.34. The highest BCUT2D eigenvalue weighted by atomic mass is 32.3. The summed E-state index contributed by atoms with van der Waals surface area (Å²) < 4.78 is 179. The Hall–Kier alpha value is -1.59. The SMILES string of the molecule is O=S(=O)(F)C(F)(F)C(F)(F)OC(F)(F)C1(F)OC(=C(F)F)OC1(F)F. The van der Waals surface area contributed by atoms with Gasteiger partial charge in [-0.15, -0.1) is 0 Å². The number of hydrogen-bond acceptors (Lipinski definition) is 5. The largest absolute Gasteiger partial charge is 0.483 e. The number of ether oxygens (including phenoxy) is 3. The van der Waals surface area contributed by atoms with Gasteiger partial charge in [-0.3, -0.25) is 0 Å². The van der Waals surface area contributed by atoms with Crippen LogP contribution in [0.3, 0.4) is 0 Å². The van der Waals surface area contributed by atoms with Gasteiger partial charge in [0, 0.05) is 0 Å². The minimum atomic E-state index is -7.68. The molecule has 0 bridgehead atoms. The molecule has 1 heterocycles. The molecule has 148 valence electrons. The molecule has 1 atom stereocenters. The molecule has 0 spiro atoms. The molecule has 0 aliphatic carbocycles. The maximum absolute atomic E-state index is 13.5. The Balaban J connectivity index is 3.36. The number of alkyl halides is 9. The Morgan fingerprint density at radius 1 is 0.960 bits per heavy atom. The maximum Gasteiger partial charge on any atom is 0.483 e. The van der Waals surface area contributed by atoms with Crippen LogP contribution >= 0.6 is 0 Å². The van der Waals surface area contributed by atoms with Crippen molar-refractivity contribution in [2.24, 2.45) is 0 Å². The van der Waals surface area contributed by atoms with E-state index in [4.69, 9.17) is 0 Å². The molecule has 0 amide bonds. The van der Waals surface area contributed by atoms with E-state index in [1.807, 2.05) is 0 Å². The zero-order valence-corrected chi connectivity index (χ0v) is 11.3. The molecule has 18 heteroatoms. The predicted octanol–water partition coefficient (Wildman–Crippen LogP) is 3.45. The molecule has 0 aromatic rings. The van der Waals surface area contributed by atoms with Gasteiger partial charge in [0.2, 0.25) is 0 Å². The first-order chi connectivity index (χ1) is 10.7. The highest BCUT2D eigenvalue weighted by Gasteiger charge is 2.85. The molecule has 0 radical (unpaired) electrons. The Morgan fingerprint density at radius 3 is 1.72 bits per heavy atom. The minimum absolute atomic E-state index is 1.70. The van der Waals surface area contributed by atoms with E-state index in [-0.39, 0.29) is 0 Å². The van der Waals surface area contributed by atoms with E-state index < -0.39 is 51.7 Å². The van der Waals surface area contributed by atoms with Crippen LogP contribution in [0.15, 0.2) is 12.0 Å². The van der Waals surface area contributed by atoms with Crippen LogP contribution in [0.2, 0.25) is 0 Å². The van der Waals surface area contributed by atoms with Crippen molar-refractivity contribution in [2.75, 3.05) is 0 Å². The third-order valence-corrected chi connectivity index (χ3v) is 3.11. The van der Waals surface area contributed by atoms with Crippen LogP contribution in [0, 0.1) is 0 Å². The summed E-state index contributed by atoms with van der Waals surface area (Å²) in [4.78, 5) is 0. The molecule has 1 fully saturated rings. The molecular weight excluding hydrogens is 424 g/mol. The van der Waals surface area contributed by atoms with Crippen molar-refractivity contribution in [1.29, 1.82) is 0 Å². The fraction of sp³-hybridized carbons (Fsp3) is 0.714. The van der Waals surface area contributed by atoms with Gasteiger partial charge in [-0.2, -0.15) is 56.7 Å². The smallest absolute Gasteiger partial charge is 0.408 e. The van der Waals surface area contributed by atoms with Crippen LogP contribution in [0.25, 0.3) is 0 Å². The Labute approximate surface area is 127 Å². The lowest BCUT2D eigenvalue weighted by Gasteiger charge is -2.32. The summed E-state index contributed by atoms with van der Waals surface area (Å²) in [6, 6.07) is 0. The molecule has 1 saturated heterocycles. The molecule has 0 aromatic heterocycles. The first-order valence-corrected chi connectivity index (χ1v) is 6.38. The van der Waals surface area contributed by atoms with Crippen LogP contribution in [0.4, 0.5) is 52.2 Å². The highest BCUT2D eigenvalue weighted by Crippen LogP contribution is 2.56. The summed E-state index contributed by atoms with van der Waals surface area (Å²) in [5.41, 5.74) is 0. The van der Waals surface area contributed by atoms with Gasteiger partial charge in [-0.05, 0) is 0 Å². The second kappa shape index (κ2) is 5.45. The molecule has 1 aliphatic rings. The second-order valence-electron chi connectivity index (χ2n) is 3.95. The van der Waals surface area contributed by atoms with E-state index in [1.54, 1.807) is 4.74 Å². The topological polar surface area (TPSA) is 61.8 Å². The lowest BCUT2D eigenvalue weighted by atomic mass is 10.2. The molecule has 0 aromatic carbocycles. The van der Waals surface area contributed by atoms with Crippen LogP contribution in [-0.4, -0.2) is 37.9 Å². The first-order valence-electron chi connectivity index (χ1n) is 5.00. The zero-order valence-electron chi connectivity index (χ0n) is 10.5. The summed E-state index contributed by atoms with van der Waals surface area (Å²) in [6.45, 7) is 0. The van der Waals surface area contributed by atoms with E-state index in [9.17, 15) is 60.6 Å². The molecule has 5 nitrogen and oxygen atoms in total. The van der Waals surface area contributed by atoms with Crippen molar-refractivity contribution >= 4 is 10.2 Å². The van der Waals surface area contributed by atoms with E-state index in [1.165, 1.54) is 0 Å². The molecule has 1 unspecified atom stereocenters. The summed E-state index contributed by atoms with van der Waals surface area (Å²) >= 11 is 0. The van der Waals surface area contributed by atoms with Gasteiger partial charge in [0.15, 0.2) is 0 Å². The zero-order chi connectivity index (χ0) is 20.3. The summed E-state index contributed by atoms with van der Waals surface area (Å²) in [5, 5.41) is -7.11. The lowest BCUT2D eigenvalue weighted by Crippen LogP contribution is -2.61. The minimum Gasteiger partial charge on any atom is -0.408 e. The highest BCUT2D eigenvalue weighted by molar-refractivity contribution is 7.87. The van der Waals surface area contributed by atoms with Gasteiger partial charge in [0.05, 0.1) is 0 Å². The predicted molar refractivity (Wildman–Crippen MR) is 46.2 cm³/mol. The lowest BCUT2D eigenvalue weighted by molar-refractivity contribution is -0.490. The van der Waals surface area contributed by atoms with Gasteiger partial charge in [-0.1, -0.05) is 3.89 Å². The van der Waals surface area contributed by atoms with Crippen LogP contribution in [0.1, 0.15) is 0 Å². The van der Waals surface area contributed by atoms with E-state index >= 15 is 0 Å². The van der Waals surface area contributed by atoms with E-state index in [0.29, 0.717) is 0 Å². The molecule has 0 N–H and O–H groups in total. The maximum atomic E-state index is 13.5. The van der Waals surface area contributed by atoms with Gasteiger partial charge >= 0.3 is 51.7 Å². The van der Waals surface area contributed by atoms with Gasteiger partial charge < -0.3 is 9.47 Å². The average Bonchev–Trinajstić information content (AvgIpc) is 2.59. The van der Waals surface area contributed by atoms with Crippen molar-refractivity contribution in [3.05, 3.63) is 12.0 Å². The van der Waals surface area contributed by atoms with E-state index in [0.717, 1.165) is 0 Å². The quantitative estimate of drug-likeness (QED) is 0.500. The first kappa shape index (κ1) is 21.5. The molecular formula is C7F12O5S. The van der Waals surface area contributed by atoms with Crippen molar-refractivity contribution < 1.29 is 74.8 Å². The fourth-order valence-corrected chi connectivity index (χ4v) is 1.45. The normalized spacial score (nSPS) is 24.7. The number of hydrogen-bond donors (Lipinski definition) is 0. The van der Waals surface area contributed by atoms with Crippen molar-refractivity contribution in [2.45, 2.75) is 29.4 Å². The molecule has 0 saturated carbocycles. The fourth-order valence-electron chi connectivity index (χ4n) is 1.12. The monoisotopic (exact) mass is 424 g/mol. The van der Waals surface area contributed by atoms with Gasteiger partial charge in [0.1, 0.15) is 0 Å². The average molecular weight is 424 g/mol. The number of rotatable bonds is 5. The summed E-state index contributed by atoms with van der Waals surface area (Å²) in [5.74, 6) is -9.33. The van der Waals surface area contributed by atoms with Crippen LogP contribution in [0.5, 0.6) is 0 Å². The summed E-state index contributed by atoms with van der Waals surface area (Å²) in [6.07, 6.45) is -23.8. The van der Waals surface area contributed by atoms with E-state index in [2.05, 4.69) is 9.47 Å². The van der Waals surface area contributed by atoms with Crippen LogP contribution in [-0.2, 0) is 24.4 Å². The molecule has 1 aliphatic heterocycles. The molecule has 25 heavy (non-hydrogen) atoms. The number of halogens is 12. The van der Waals surface area contributed by atoms with Gasteiger partial charge in [-0.25, -0.2) is 4.74 Å². The Morgan fingerprint density at radius 2 is 1.40 bits per heavy atom. The Kier molecular flexibility index (Phi) is 4.68. The van der Waals surface area contributed by atoms with Crippen molar-refractivity contribution in [3.63, 3.8) is 0 Å². The van der Waals surface area contributed by atoms with Crippen molar-refractivity contribution in [3.8, 4) is 0 Å².